The molecule has 0 atom stereocenters. The molecular weight excluding hydrogens is 221 g/mol. The number of ketones is 1. The molecule has 2 nitrogen and oxygen atoms in total. The molecule has 0 saturated heterocycles. The Kier molecular flexibility index (Phi) is 2.48. The van der Waals surface area contributed by atoms with Gasteiger partial charge in [-0.1, -0.05) is 11.6 Å². The minimum Gasteiger partial charge on any atom is -0.360 e. The van der Waals surface area contributed by atoms with E-state index < -0.39 is 0 Å². The van der Waals surface area contributed by atoms with Crippen molar-refractivity contribution in [3.05, 3.63) is 35.0 Å². The van der Waals surface area contributed by atoms with Gasteiger partial charge in [0.1, 0.15) is 0 Å². The average Bonchev–Trinajstić information content (AvgIpc) is 2.59. The first-order valence-electron chi connectivity index (χ1n) is 4.08. The second-order valence-electron chi connectivity index (χ2n) is 2.95. The number of aromatic nitrogens is 1. The second-order valence-corrected chi connectivity index (χ2v) is 3.65. The molecule has 0 spiro atoms. The van der Waals surface area contributed by atoms with Crippen LogP contribution < -0.4 is 0 Å². The van der Waals surface area contributed by atoms with Crippen molar-refractivity contribution in [2.24, 2.45) is 0 Å². The van der Waals surface area contributed by atoms with Gasteiger partial charge in [0.05, 0.1) is 5.88 Å². The molecule has 2 aromatic rings. The van der Waals surface area contributed by atoms with Crippen molar-refractivity contribution < 1.29 is 4.79 Å². The maximum atomic E-state index is 11.4. The summed E-state index contributed by atoms with van der Waals surface area (Å²) in [6.45, 7) is 0. The molecule has 1 aromatic heterocycles. The number of fused-ring (bicyclic) bond motifs is 1. The number of Topliss-reactive ketones (excluding diaryl/α,β-unsaturated/α-hetero) is 1. The number of carbonyl (C=O) groups excluding carboxylic acids is 1. The van der Waals surface area contributed by atoms with Crippen LogP contribution in [-0.4, -0.2) is 16.6 Å². The number of nitrogens with one attached hydrogen (secondary N) is 1. The number of carbonyl (C=O) groups is 1. The van der Waals surface area contributed by atoms with Gasteiger partial charge in [0.25, 0.3) is 0 Å². The monoisotopic (exact) mass is 227 g/mol. The molecule has 4 heteroatoms. The van der Waals surface area contributed by atoms with E-state index in [1.54, 1.807) is 18.3 Å². The van der Waals surface area contributed by atoms with Gasteiger partial charge < -0.3 is 4.98 Å². The first-order valence-corrected chi connectivity index (χ1v) is 4.99. The van der Waals surface area contributed by atoms with E-state index in [1.807, 2.05) is 6.07 Å². The Morgan fingerprint density at radius 2 is 2.21 bits per heavy atom. The van der Waals surface area contributed by atoms with Crippen LogP contribution >= 0.6 is 23.2 Å². The molecule has 0 unspecified atom stereocenters. The molecule has 0 fully saturated rings. The lowest BCUT2D eigenvalue weighted by atomic mass is 10.1. The third kappa shape index (κ3) is 1.51. The van der Waals surface area contributed by atoms with Crippen LogP contribution in [0.1, 0.15) is 10.4 Å². The van der Waals surface area contributed by atoms with Gasteiger partial charge >= 0.3 is 0 Å². The van der Waals surface area contributed by atoms with Gasteiger partial charge in [0.15, 0.2) is 5.78 Å². The number of aromatic amines is 1. The van der Waals surface area contributed by atoms with E-state index in [-0.39, 0.29) is 11.7 Å². The van der Waals surface area contributed by atoms with Gasteiger partial charge in [-0.05, 0) is 18.2 Å². The van der Waals surface area contributed by atoms with E-state index >= 15 is 0 Å². The lowest BCUT2D eigenvalue weighted by Gasteiger charge is -1.95. The minimum absolute atomic E-state index is 0.0144. The number of hydrogen-bond donors (Lipinski definition) is 1. The van der Waals surface area contributed by atoms with E-state index in [9.17, 15) is 4.79 Å². The van der Waals surface area contributed by atoms with Crippen molar-refractivity contribution in [2.45, 2.75) is 0 Å². The topological polar surface area (TPSA) is 32.9 Å². The number of halogens is 2. The van der Waals surface area contributed by atoms with Crippen LogP contribution in [0.3, 0.4) is 0 Å². The Hall–Kier alpha value is -0.990. The van der Waals surface area contributed by atoms with Crippen LogP contribution in [0.5, 0.6) is 0 Å². The van der Waals surface area contributed by atoms with Crippen molar-refractivity contribution >= 4 is 39.9 Å². The second kappa shape index (κ2) is 3.64. The molecule has 1 heterocycles. The molecule has 0 aliphatic rings. The van der Waals surface area contributed by atoms with E-state index in [1.165, 1.54) is 0 Å². The normalized spacial score (nSPS) is 10.7. The van der Waals surface area contributed by atoms with Crippen LogP contribution in [0.25, 0.3) is 10.9 Å². The van der Waals surface area contributed by atoms with Crippen LogP contribution in [0.4, 0.5) is 0 Å². The fourth-order valence-electron chi connectivity index (χ4n) is 1.40. The molecule has 2 rings (SSSR count). The fraction of sp³-hybridized carbons (Fsp3) is 0.100. The largest absolute Gasteiger partial charge is 0.360 e. The number of rotatable bonds is 2. The Morgan fingerprint density at radius 3 is 2.93 bits per heavy atom. The summed E-state index contributed by atoms with van der Waals surface area (Å²) >= 11 is 11.3. The molecule has 0 radical (unpaired) electrons. The maximum Gasteiger partial charge on any atom is 0.179 e. The lowest BCUT2D eigenvalue weighted by molar-refractivity contribution is 0.102. The summed E-state index contributed by atoms with van der Waals surface area (Å²) in [6, 6.07) is 5.37. The standard InChI is InChI=1S/C10H7Cl2NO/c11-4-10(14)8-5-13-9-2-1-6(12)3-7(8)9/h1-3,5,13H,4H2. The zero-order chi connectivity index (χ0) is 10.1. The highest BCUT2D eigenvalue weighted by molar-refractivity contribution is 6.33. The molecule has 0 amide bonds. The Morgan fingerprint density at radius 1 is 1.43 bits per heavy atom. The molecule has 0 saturated carbocycles. The first-order chi connectivity index (χ1) is 6.72. The number of alkyl halides is 1. The molecule has 14 heavy (non-hydrogen) atoms. The molecule has 72 valence electrons. The smallest absolute Gasteiger partial charge is 0.179 e. The lowest BCUT2D eigenvalue weighted by Crippen LogP contribution is -1.98. The Bertz CT molecular complexity index is 490. The quantitative estimate of drug-likeness (QED) is 0.621. The van der Waals surface area contributed by atoms with Crippen LogP contribution in [0.2, 0.25) is 5.02 Å². The van der Waals surface area contributed by atoms with Crippen molar-refractivity contribution in [3.63, 3.8) is 0 Å². The van der Waals surface area contributed by atoms with Gasteiger partial charge in [0.2, 0.25) is 0 Å². The summed E-state index contributed by atoms with van der Waals surface area (Å²) in [7, 11) is 0. The van der Waals surface area contributed by atoms with E-state index in [2.05, 4.69) is 4.98 Å². The highest BCUT2D eigenvalue weighted by atomic mass is 35.5. The van der Waals surface area contributed by atoms with E-state index in [0.717, 1.165) is 10.9 Å². The van der Waals surface area contributed by atoms with Crippen LogP contribution in [-0.2, 0) is 0 Å². The summed E-state index contributed by atoms with van der Waals surface area (Å²) in [4.78, 5) is 14.4. The molecular formula is C10H7Cl2NO. The summed E-state index contributed by atoms with van der Waals surface area (Å²) < 4.78 is 0. The predicted molar refractivity (Wildman–Crippen MR) is 58.4 cm³/mol. The Labute approximate surface area is 90.8 Å². The van der Waals surface area contributed by atoms with Crippen molar-refractivity contribution in [1.82, 2.24) is 4.98 Å². The number of H-pyrrole nitrogens is 1. The van der Waals surface area contributed by atoms with Crippen LogP contribution in [0.15, 0.2) is 24.4 Å². The highest BCUT2D eigenvalue weighted by Gasteiger charge is 2.10. The molecule has 0 aliphatic heterocycles. The van der Waals surface area contributed by atoms with Crippen molar-refractivity contribution in [3.8, 4) is 0 Å². The molecule has 0 aliphatic carbocycles. The summed E-state index contributed by atoms with van der Waals surface area (Å²) in [6.07, 6.45) is 1.66. The van der Waals surface area contributed by atoms with Gasteiger partial charge in [-0.3, -0.25) is 4.79 Å². The average molecular weight is 228 g/mol. The van der Waals surface area contributed by atoms with E-state index in [0.29, 0.717) is 10.6 Å². The number of hydrogen-bond acceptors (Lipinski definition) is 1. The summed E-state index contributed by atoms with van der Waals surface area (Å²) in [5.74, 6) is -0.111. The SMILES string of the molecule is O=C(CCl)c1c[nH]c2ccc(Cl)cc12. The summed E-state index contributed by atoms with van der Waals surface area (Å²) in [5, 5.41) is 1.43. The van der Waals surface area contributed by atoms with E-state index in [4.69, 9.17) is 23.2 Å². The van der Waals surface area contributed by atoms with Gasteiger partial charge in [-0.15, -0.1) is 11.6 Å². The maximum absolute atomic E-state index is 11.4. The third-order valence-electron chi connectivity index (χ3n) is 2.07. The zero-order valence-electron chi connectivity index (χ0n) is 7.18. The highest BCUT2D eigenvalue weighted by Crippen LogP contribution is 2.22. The third-order valence-corrected chi connectivity index (χ3v) is 2.54. The molecule has 1 N–H and O–H groups in total. The van der Waals surface area contributed by atoms with Gasteiger partial charge in [0, 0.05) is 27.7 Å². The van der Waals surface area contributed by atoms with Gasteiger partial charge in [-0.2, -0.15) is 0 Å². The minimum atomic E-state index is -0.0971. The van der Waals surface area contributed by atoms with Crippen molar-refractivity contribution in [1.29, 1.82) is 0 Å². The molecule has 0 bridgehead atoms. The Balaban J connectivity index is 2.67. The van der Waals surface area contributed by atoms with Gasteiger partial charge in [-0.25, -0.2) is 0 Å². The summed E-state index contributed by atoms with van der Waals surface area (Å²) in [5.41, 5.74) is 1.49. The predicted octanol–water partition coefficient (Wildman–Crippen LogP) is 3.24. The fourth-order valence-corrected chi connectivity index (χ4v) is 1.71. The van der Waals surface area contributed by atoms with Crippen LogP contribution in [0, 0.1) is 0 Å². The zero-order valence-corrected chi connectivity index (χ0v) is 8.69. The number of benzene rings is 1. The first kappa shape index (κ1) is 9.56. The van der Waals surface area contributed by atoms with Crippen molar-refractivity contribution in [2.75, 3.05) is 5.88 Å². The molecule has 1 aromatic carbocycles.